The van der Waals surface area contributed by atoms with Gasteiger partial charge in [0, 0.05) is 48.7 Å². The van der Waals surface area contributed by atoms with Crippen LogP contribution in [0.2, 0.25) is 0 Å². The third-order valence-corrected chi connectivity index (χ3v) is 8.23. The van der Waals surface area contributed by atoms with Gasteiger partial charge in [-0.05, 0) is 24.5 Å². The molecule has 1 aromatic heterocycles. The highest BCUT2D eigenvalue weighted by Gasteiger charge is 2.39. The number of rotatable bonds is 6. The summed E-state index contributed by atoms with van der Waals surface area (Å²) in [6, 6.07) is 3.16. The highest BCUT2D eigenvalue weighted by atomic mass is 32.2. The molecule has 1 unspecified atom stereocenters. The molecule has 2 aliphatic rings. The Labute approximate surface area is 219 Å². The summed E-state index contributed by atoms with van der Waals surface area (Å²) in [5.74, 6) is -10.0. The number of aromatic nitrogens is 2. The van der Waals surface area contributed by atoms with Crippen molar-refractivity contribution in [2.24, 2.45) is 10.9 Å². The maximum Gasteiger partial charge on any atom is 0.235 e. The largest absolute Gasteiger partial charge is 0.451 e. The maximum absolute atomic E-state index is 15.3. The SMILES string of the molecule is C=CS(=O)(=O)N1CC[C@@H](C2CN=C(c3ccc(Oc4c(F)c(F)cc(F)c4F)cc3F)c3c(N)ncnc32)C1. The summed E-state index contributed by atoms with van der Waals surface area (Å²) < 4.78 is 101. The van der Waals surface area contributed by atoms with E-state index in [1.165, 1.54) is 16.7 Å². The summed E-state index contributed by atoms with van der Waals surface area (Å²) >= 11 is 0. The Hall–Kier alpha value is -3.91. The zero-order valence-electron chi connectivity index (χ0n) is 20.0. The summed E-state index contributed by atoms with van der Waals surface area (Å²) in [5, 5.41) is 0.893. The molecule has 0 spiro atoms. The third kappa shape index (κ3) is 4.74. The summed E-state index contributed by atoms with van der Waals surface area (Å²) in [6.45, 7) is 4.03. The van der Waals surface area contributed by atoms with E-state index in [1.54, 1.807) is 0 Å². The standard InChI is InChI=1S/C25H20F5N5O3S/c1-2-39(36,37)35-6-5-12(10-35)15-9-32-22(19-23(15)33-11-34-25(19)31)14-4-3-13(7-16(14)26)38-24-20(29)17(27)8-18(28)21(24)30/h2-4,7-8,11-12,15H,1,5-6,9-10H2,(H2,31,33,34)/t12-,15?/m1/s1. The molecule has 0 aliphatic carbocycles. The smallest absolute Gasteiger partial charge is 0.235 e. The Kier molecular flexibility index (Phi) is 6.84. The van der Waals surface area contributed by atoms with Crippen LogP contribution < -0.4 is 10.5 Å². The summed E-state index contributed by atoms with van der Waals surface area (Å²) in [6.07, 6.45) is 1.80. The number of hydrogen-bond acceptors (Lipinski definition) is 7. The van der Waals surface area contributed by atoms with Crippen LogP contribution in [0.25, 0.3) is 0 Å². The molecule has 39 heavy (non-hydrogen) atoms. The molecule has 5 rings (SSSR count). The molecule has 2 aromatic carbocycles. The van der Waals surface area contributed by atoms with Gasteiger partial charge in [-0.1, -0.05) is 6.58 Å². The molecule has 3 heterocycles. The van der Waals surface area contributed by atoms with Crippen LogP contribution in [0.3, 0.4) is 0 Å². The van der Waals surface area contributed by atoms with E-state index >= 15 is 4.39 Å². The number of benzene rings is 2. The molecule has 0 saturated carbocycles. The van der Waals surface area contributed by atoms with Crippen LogP contribution in [0.4, 0.5) is 27.8 Å². The van der Waals surface area contributed by atoms with E-state index in [0.29, 0.717) is 18.7 Å². The normalized spacial score (nSPS) is 19.5. The number of hydrogen-bond donors (Lipinski definition) is 1. The van der Waals surface area contributed by atoms with Crippen molar-refractivity contribution in [2.75, 3.05) is 25.4 Å². The molecule has 0 amide bonds. The van der Waals surface area contributed by atoms with Crippen molar-refractivity contribution >= 4 is 21.6 Å². The average molecular weight is 566 g/mol. The van der Waals surface area contributed by atoms with Crippen molar-refractivity contribution in [3.63, 3.8) is 0 Å². The Balaban J connectivity index is 1.47. The quantitative estimate of drug-likeness (QED) is 0.353. The number of anilines is 1. The lowest BCUT2D eigenvalue weighted by Crippen LogP contribution is -2.31. The van der Waals surface area contributed by atoms with Crippen molar-refractivity contribution < 1.29 is 35.1 Å². The van der Waals surface area contributed by atoms with Gasteiger partial charge in [-0.25, -0.2) is 31.6 Å². The zero-order chi connectivity index (χ0) is 28.1. The van der Waals surface area contributed by atoms with Crippen LogP contribution in [0.1, 0.15) is 29.2 Å². The first-order chi connectivity index (χ1) is 18.5. The number of nitrogen functional groups attached to an aromatic ring is 1. The van der Waals surface area contributed by atoms with Crippen molar-refractivity contribution in [3.05, 3.63) is 88.5 Å². The lowest BCUT2D eigenvalue weighted by Gasteiger charge is -2.28. The molecule has 204 valence electrons. The molecule has 8 nitrogen and oxygen atoms in total. The highest BCUT2D eigenvalue weighted by molar-refractivity contribution is 7.92. The Morgan fingerprint density at radius 3 is 2.44 bits per heavy atom. The van der Waals surface area contributed by atoms with Gasteiger partial charge in [0.15, 0.2) is 11.6 Å². The summed E-state index contributed by atoms with van der Waals surface area (Å²) in [7, 11) is -3.60. The van der Waals surface area contributed by atoms with Crippen LogP contribution in [0.15, 0.2) is 47.6 Å². The first-order valence-electron chi connectivity index (χ1n) is 11.6. The lowest BCUT2D eigenvalue weighted by atomic mass is 9.82. The first-order valence-corrected chi connectivity index (χ1v) is 13.1. The molecule has 3 aromatic rings. The minimum atomic E-state index is -3.60. The third-order valence-electron chi connectivity index (χ3n) is 6.75. The molecule has 1 saturated heterocycles. The Morgan fingerprint density at radius 1 is 1.05 bits per heavy atom. The van der Waals surface area contributed by atoms with E-state index < -0.39 is 50.6 Å². The number of sulfonamides is 1. The number of ether oxygens (including phenoxy) is 1. The minimum Gasteiger partial charge on any atom is -0.451 e. The monoisotopic (exact) mass is 565 g/mol. The van der Waals surface area contributed by atoms with E-state index in [-0.39, 0.29) is 53.6 Å². The van der Waals surface area contributed by atoms with Crippen molar-refractivity contribution in [1.82, 2.24) is 14.3 Å². The predicted octanol–water partition coefficient (Wildman–Crippen LogP) is 4.28. The fourth-order valence-electron chi connectivity index (χ4n) is 4.81. The van der Waals surface area contributed by atoms with Gasteiger partial charge in [0.05, 0.1) is 17.0 Å². The second-order valence-electron chi connectivity index (χ2n) is 8.97. The topological polar surface area (TPSA) is 111 Å². The van der Waals surface area contributed by atoms with Gasteiger partial charge in [-0.2, -0.15) is 13.1 Å². The van der Waals surface area contributed by atoms with Gasteiger partial charge in [0.2, 0.25) is 27.4 Å². The van der Waals surface area contributed by atoms with Crippen LogP contribution in [0, 0.1) is 35.0 Å². The van der Waals surface area contributed by atoms with Gasteiger partial charge < -0.3 is 10.5 Å². The number of fused-ring (bicyclic) bond motifs is 1. The molecule has 1 fully saturated rings. The minimum absolute atomic E-state index is 0.0242. The molecule has 0 bridgehead atoms. The number of aliphatic imine (C=N–C) groups is 1. The first kappa shape index (κ1) is 26.7. The fraction of sp³-hybridized carbons (Fsp3) is 0.240. The predicted molar refractivity (Wildman–Crippen MR) is 131 cm³/mol. The summed E-state index contributed by atoms with van der Waals surface area (Å²) in [5.41, 5.74) is 6.95. The second-order valence-corrected chi connectivity index (χ2v) is 10.9. The van der Waals surface area contributed by atoms with E-state index in [1.807, 2.05) is 0 Å². The summed E-state index contributed by atoms with van der Waals surface area (Å²) in [4.78, 5) is 12.9. The van der Waals surface area contributed by atoms with Gasteiger partial charge in [-0.15, -0.1) is 0 Å². The lowest BCUT2D eigenvalue weighted by molar-refractivity contribution is 0.365. The molecule has 14 heteroatoms. The molecule has 2 aliphatic heterocycles. The van der Waals surface area contributed by atoms with E-state index in [0.717, 1.165) is 17.5 Å². The molecule has 0 radical (unpaired) electrons. The molecule has 2 atom stereocenters. The van der Waals surface area contributed by atoms with Crippen molar-refractivity contribution in [3.8, 4) is 11.5 Å². The van der Waals surface area contributed by atoms with Gasteiger partial charge in [0.25, 0.3) is 0 Å². The van der Waals surface area contributed by atoms with Crippen molar-refractivity contribution in [2.45, 2.75) is 12.3 Å². The highest BCUT2D eigenvalue weighted by Crippen LogP contribution is 2.39. The van der Waals surface area contributed by atoms with Crippen molar-refractivity contribution in [1.29, 1.82) is 0 Å². The number of halogens is 5. The average Bonchev–Trinajstić information content (AvgIpc) is 3.41. The number of nitrogens with zero attached hydrogens (tertiary/aromatic N) is 4. The van der Waals surface area contributed by atoms with Crippen LogP contribution >= 0.6 is 0 Å². The maximum atomic E-state index is 15.3. The van der Waals surface area contributed by atoms with Crippen LogP contribution in [-0.4, -0.2) is 48.0 Å². The molecular formula is C25H20F5N5O3S. The molecule has 2 N–H and O–H groups in total. The van der Waals surface area contributed by atoms with Crippen LogP contribution in [0.5, 0.6) is 11.5 Å². The Morgan fingerprint density at radius 2 is 1.77 bits per heavy atom. The van der Waals surface area contributed by atoms with Crippen LogP contribution in [-0.2, 0) is 10.0 Å². The Bertz CT molecular complexity index is 1610. The second kappa shape index (κ2) is 10.0. The fourth-order valence-corrected chi connectivity index (χ4v) is 5.78. The number of nitrogens with two attached hydrogens (primary N) is 1. The van der Waals surface area contributed by atoms with E-state index in [9.17, 15) is 26.0 Å². The van der Waals surface area contributed by atoms with Gasteiger partial charge in [0.1, 0.15) is 23.7 Å². The van der Waals surface area contributed by atoms with Gasteiger partial charge >= 0.3 is 0 Å². The molecular weight excluding hydrogens is 545 g/mol. The van der Waals surface area contributed by atoms with Gasteiger partial charge in [-0.3, -0.25) is 4.99 Å². The van der Waals surface area contributed by atoms with E-state index in [4.69, 9.17) is 10.5 Å². The zero-order valence-corrected chi connectivity index (χ0v) is 20.9. The van der Waals surface area contributed by atoms with E-state index in [2.05, 4.69) is 21.5 Å².